The first-order chi connectivity index (χ1) is 9.72. The van der Waals surface area contributed by atoms with E-state index < -0.39 is 0 Å². The molecular weight excluding hydrogens is 258 g/mol. The lowest BCUT2D eigenvalue weighted by Gasteiger charge is -2.07. The van der Waals surface area contributed by atoms with Crippen molar-refractivity contribution in [1.82, 2.24) is 5.32 Å². The zero-order valence-electron chi connectivity index (χ0n) is 12.2. The highest BCUT2D eigenvalue weighted by Crippen LogP contribution is 2.11. The van der Waals surface area contributed by atoms with Crippen LogP contribution in [0.15, 0.2) is 24.3 Å². The van der Waals surface area contributed by atoms with Gasteiger partial charge in [0.1, 0.15) is 12.4 Å². The fourth-order valence-corrected chi connectivity index (χ4v) is 1.44. The number of nitrogens with one attached hydrogen (secondary N) is 1. The smallest absolute Gasteiger partial charge is 0.245 e. The molecule has 0 atom stereocenters. The molecule has 112 valence electrons. The van der Waals surface area contributed by atoms with Gasteiger partial charge in [0.2, 0.25) is 5.91 Å². The fourth-order valence-electron chi connectivity index (χ4n) is 1.44. The number of likely N-dealkylation sites (N-methyl/N-ethyl adjacent to an activating group) is 1. The molecule has 0 saturated carbocycles. The summed E-state index contributed by atoms with van der Waals surface area (Å²) in [6, 6.07) is 7.97. The quantitative estimate of drug-likeness (QED) is 0.661. The van der Waals surface area contributed by atoms with Gasteiger partial charge in [0.05, 0.1) is 19.8 Å². The lowest BCUT2D eigenvalue weighted by Crippen LogP contribution is -2.24. The number of ether oxygens (including phenoxy) is 3. The van der Waals surface area contributed by atoms with Gasteiger partial charge in [-0.25, -0.2) is 0 Å². The molecule has 1 aromatic rings. The number of hydrogen-bond donors (Lipinski definition) is 1. The molecule has 0 unspecified atom stereocenters. The fraction of sp³-hybridized carbons (Fsp3) is 0.533. The molecule has 0 saturated heterocycles. The Kier molecular flexibility index (Phi) is 8.42. The van der Waals surface area contributed by atoms with Crippen LogP contribution in [0.5, 0.6) is 5.75 Å². The lowest BCUT2D eigenvalue weighted by molar-refractivity contribution is -0.125. The standard InChI is InChI=1S/C15H23NO4/c1-13-4-6-14(7-5-13)20-9-3-8-18-10-11-19-12-15(17)16-2/h4-7H,3,8-12H2,1-2H3,(H,16,17). The number of aryl methyl sites for hydroxylation is 1. The monoisotopic (exact) mass is 281 g/mol. The van der Waals surface area contributed by atoms with E-state index >= 15 is 0 Å². The topological polar surface area (TPSA) is 56.8 Å². The van der Waals surface area contributed by atoms with Crippen LogP contribution in [0, 0.1) is 6.92 Å². The highest BCUT2D eigenvalue weighted by Gasteiger charge is 1.97. The van der Waals surface area contributed by atoms with Gasteiger partial charge in [-0.2, -0.15) is 0 Å². The highest BCUT2D eigenvalue weighted by atomic mass is 16.5. The van der Waals surface area contributed by atoms with Crippen molar-refractivity contribution in [2.24, 2.45) is 0 Å². The van der Waals surface area contributed by atoms with E-state index in [-0.39, 0.29) is 12.5 Å². The number of hydrogen-bond acceptors (Lipinski definition) is 4. The first-order valence-electron chi connectivity index (χ1n) is 6.78. The summed E-state index contributed by atoms with van der Waals surface area (Å²) < 4.78 is 16.0. The van der Waals surface area contributed by atoms with Crippen LogP contribution in [0.4, 0.5) is 0 Å². The molecule has 0 spiro atoms. The highest BCUT2D eigenvalue weighted by molar-refractivity contribution is 5.76. The molecule has 0 aliphatic heterocycles. The Labute approximate surface area is 120 Å². The summed E-state index contributed by atoms with van der Waals surface area (Å²) in [5, 5.41) is 2.48. The average molecular weight is 281 g/mol. The van der Waals surface area contributed by atoms with Gasteiger partial charge in [-0.3, -0.25) is 4.79 Å². The molecule has 0 heterocycles. The maximum Gasteiger partial charge on any atom is 0.245 e. The van der Waals surface area contributed by atoms with Crippen LogP contribution in [0.2, 0.25) is 0 Å². The Hall–Kier alpha value is -1.59. The summed E-state index contributed by atoms with van der Waals surface area (Å²) in [7, 11) is 1.58. The minimum Gasteiger partial charge on any atom is -0.494 e. The van der Waals surface area contributed by atoms with Gasteiger partial charge in [-0.1, -0.05) is 17.7 Å². The third-order valence-corrected chi connectivity index (χ3v) is 2.61. The molecular formula is C15H23NO4. The van der Waals surface area contributed by atoms with Gasteiger partial charge in [0.15, 0.2) is 0 Å². The van der Waals surface area contributed by atoms with E-state index in [2.05, 4.69) is 5.32 Å². The molecule has 5 heteroatoms. The van der Waals surface area contributed by atoms with Crippen LogP contribution >= 0.6 is 0 Å². The zero-order chi connectivity index (χ0) is 14.6. The van der Waals surface area contributed by atoms with Crippen LogP contribution in [0.25, 0.3) is 0 Å². The SMILES string of the molecule is CNC(=O)COCCOCCCOc1ccc(C)cc1. The molecule has 1 rings (SSSR count). The Bertz CT molecular complexity index is 378. The molecule has 1 aromatic carbocycles. The van der Waals surface area contributed by atoms with E-state index in [1.165, 1.54) is 5.56 Å². The average Bonchev–Trinajstić information content (AvgIpc) is 2.47. The lowest BCUT2D eigenvalue weighted by atomic mass is 10.2. The van der Waals surface area contributed by atoms with E-state index in [1.54, 1.807) is 7.05 Å². The molecule has 0 bridgehead atoms. The van der Waals surface area contributed by atoms with Crippen LogP contribution in [0.1, 0.15) is 12.0 Å². The Morgan fingerprint density at radius 2 is 1.75 bits per heavy atom. The summed E-state index contributed by atoms with van der Waals surface area (Å²) >= 11 is 0. The first kappa shape index (κ1) is 16.5. The molecule has 0 fully saturated rings. The minimum atomic E-state index is -0.128. The minimum absolute atomic E-state index is 0.0798. The second kappa shape index (κ2) is 10.2. The second-order valence-corrected chi connectivity index (χ2v) is 4.35. The second-order valence-electron chi connectivity index (χ2n) is 4.35. The Morgan fingerprint density at radius 3 is 2.45 bits per heavy atom. The first-order valence-corrected chi connectivity index (χ1v) is 6.78. The van der Waals surface area contributed by atoms with Crippen LogP contribution < -0.4 is 10.1 Å². The van der Waals surface area contributed by atoms with E-state index in [4.69, 9.17) is 14.2 Å². The van der Waals surface area contributed by atoms with Crippen LogP contribution in [-0.4, -0.2) is 46.0 Å². The molecule has 5 nitrogen and oxygen atoms in total. The van der Waals surface area contributed by atoms with E-state index in [0.717, 1.165) is 12.2 Å². The molecule has 1 N–H and O–H groups in total. The van der Waals surface area contributed by atoms with Crippen molar-refractivity contribution in [2.45, 2.75) is 13.3 Å². The predicted octanol–water partition coefficient (Wildman–Crippen LogP) is 1.54. The molecule has 0 aliphatic carbocycles. The molecule has 0 aromatic heterocycles. The van der Waals surface area contributed by atoms with Gasteiger partial charge < -0.3 is 19.5 Å². The summed E-state index contributed by atoms with van der Waals surface area (Å²) in [6.45, 7) is 4.28. The Balaban J connectivity index is 1.90. The van der Waals surface area contributed by atoms with Crippen molar-refractivity contribution in [1.29, 1.82) is 0 Å². The predicted molar refractivity (Wildman–Crippen MR) is 77.0 cm³/mol. The zero-order valence-corrected chi connectivity index (χ0v) is 12.2. The molecule has 0 aliphatic rings. The Morgan fingerprint density at radius 1 is 1.05 bits per heavy atom. The van der Waals surface area contributed by atoms with Gasteiger partial charge in [-0.05, 0) is 19.1 Å². The van der Waals surface area contributed by atoms with Crippen molar-refractivity contribution in [2.75, 3.05) is 40.1 Å². The summed E-state index contributed by atoms with van der Waals surface area (Å²) in [6.07, 6.45) is 0.823. The number of rotatable bonds is 10. The third kappa shape index (κ3) is 7.76. The molecule has 1 amide bonds. The van der Waals surface area contributed by atoms with Gasteiger partial charge >= 0.3 is 0 Å². The maximum atomic E-state index is 10.8. The summed E-state index contributed by atoms with van der Waals surface area (Å²) in [5.74, 6) is 0.751. The van der Waals surface area contributed by atoms with Crippen molar-refractivity contribution < 1.29 is 19.0 Å². The number of carbonyl (C=O) groups is 1. The number of amides is 1. The van der Waals surface area contributed by atoms with Crippen molar-refractivity contribution in [3.05, 3.63) is 29.8 Å². The van der Waals surface area contributed by atoms with Crippen LogP contribution in [0.3, 0.4) is 0 Å². The third-order valence-electron chi connectivity index (χ3n) is 2.61. The van der Waals surface area contributed by atoms with E-state index in [9.17, 15) is 4.79 Å². The van der Waals surface area contributed by atoms with Crippen molar-refractivity contribution in [3.63, 3.8) is 0 Å². The number of benzene rings is 1. The van der Waals surface area contributed by atoms with Gasteiger partial charge in [0, 0.05) is 20.1 Å². The van der Waals surface area contributed by atoms with Crippen LogP contribution in [-0.2, 0) is 14.3 Å². The summed E-state index contributed by atoms with van der Waals surface area (Å²) in [4.78, 5) is 10.8. The van der Waals surface area contributed by atoms with E-state index in [1.807, 2.05) is 31.2 Å². The number of carbonyl (C=O) groups excluding carboxylic acids is 1. The van der Waals surface area contributed by atoms with E-state index in [0.29, 0.717) is 26.4 Å². The largest absolute Gasteiger partial charge is 0.494 e. The molecule has 20 heavy (non-hydrogen) atoms. The van der Waals surface area contributed by atoms with Crippen molar-refractivity contribution in [3.8, 4) is 5.75 Å². The van der Waals surface area contributed by atoms with Crippen molar-refractivity contribution >= 4 is 5.91 Å². The van der Waals surface area contributed by atoms with Gasteiger partial charge in [-0.15, -0.1) is 0 Å². The molecule has 0 radical (unpaired) electrons. The van der Waals surface area contributed by atoms with Gasteiger partial charge in [0.25, 0.3) is 0 Å². The summed E-state index contributed by atoms with van der Waals surface area (Å²) in [5.41, 5.74) is 1.22. The maximum absolute atomic E-state index is 10.8. The normalized spacial score (nSPS) is 10.3.